The number of rotatable bonds is 6. The van der Waals surface area contributed by atoms with Crippen molar-refractivity contribution in [3.05, 3.63) is 206 Å². The average molecular weight is 687 g/mol. The summed E-state index contributed by atoms with van der Waals surface area (Å²) in [6.45, 7) is 0. The highest BCUT2D eigenvalue weighted by molar-refractivity contribution is 6.27. The van der Waals surface area contributed by atoms with Gasteiger partial charge in [-0.25, -0.2) is 0 Å². The maximum Gasteiger partial charge on any atom is 0.0541 e. The zero-order valence-electron chi connectivity index (χ0n) is 29.5. The molecule has 0 saturated heterocycles. The first-order valence-corrected chi connectivity index (χ1v) is 18.6. The van der Waals surface area contributed by atoms with Crippen molar-refractivity contribution in [3.8, 4) is 27.9 Å². The molecule has 252 valence electrons. The molecule has 0 fully saturated rings. The second-order valence-electron chi connectivity index (χ2n) is 14.1. The number of aromatic nitrogens is 1. The van der Waals surface area contributed by atoms with E-state index in [9.17, 15) is 0 Å². The molecular formula is C52H34N2. The molecule has 0 saturated carbocycles. The van der Waals surface area contributed by atoms with Crippen LogP contribution >= 0.6 is 0 Å². The number of fused-ring (bicyclic) bond motifs is 3. The van der Waals surface area contributed by atoms with E-state index in [4.69, 9.17) is 0 Å². The molecule has 1 heterocycles. The molecule has 0 aliphatic heterocycles. The first kappa shape index (κ1) is 30.5. The van der Waals surface area contributed by atoms with Gasteiger partial charge in [-0.1, -0.05) is 158 Å². The largest absolute Gasteiger partial charge is 0.310 e. The number of hydrogen-bond donors (Lipinski definition) is 0. The van der Waals surface area contributed by atoms with E-state index in [-0.39, 0.29) is 0 Å². The van der Waals surface area contributed by atoms with Gasteiger partial charge in [0.1, 0.15) is 0 Å². The van der Waals surface area contributed by atoms with Crippen molar-refractivity contribution in [1.82, 2.24) is 4.57 Å². The van der Waals surface area contributed by atoms with E-state index >= 15 is 0 Å². The van der Waals surface area contributed by atoms with Crippen molar-refractivity contribution in [3.63, 3.8) is 0 Å². The van der Waals surface area contributed by atoms with E-state index in [1.165, 1.54) is 82.1 Å². The predicted molar refractivity (Wildman–Crippen MR) is 230 cm³/mol. The van der Waals surface area contributed by atoms with Gasteiger partial charge in [0, 0.05) is 32.9 Å². The van der Waals surface area contributed by atoms with E-state index in [2.05, 4.69) is 216 Å². The Morgan fingerprint density at radius 1 is 0.315 bits per heavy atom. The van der Waals surface area contributed by atoms with Crippen molar-refractivity contribution in [2.24, 2.45) is 0 Å². The van der Waals surface area contributed by atoms with Crippen LogP contribution in [0.25, 0.3) is 82.1 Å². The fraction of sp³-hybridized carbons (Fsp3) is 0. The summed E-state index contributed by atoms with van der Waals surface area (Å²) in [5, 5.41) is 10.1. The van der Waals surface area contributed by atoms with Crippen LogP contribution in [0.1, 0.15) is 0 Å². The van der Waals surface area contributed by atoms with Crippen LogP contribution < -0.4 is 4.90 Å². The third-order valence-corrected chi connectivity index (χ3v) is 11.1. The molecule has 1 aromatic heterocycles. The Labute approximate surface area is 313 Å². The minimum atomic E-state index is 1.12. The quantitative estimate of drug-likeness (QED) is 0.158. The summed E-state index contributed by atoms with van der Waals surface area (Å²) in [6, 6.07) is 75.2. The first-order valence-electron chi connectivity index (χ1n) is 18.6. The second-order valence-corrected chi connectivity index (χ2v) is 14.1. The second kappa shape index (κ2) is 12.2. The van der Waals surface area contributed by atoms with Crippen LogP contribution in [0.4, 0.5) is 17.1 Å². The van der Waals surface area contributed by atoms with Gasteiger partial charge < -0.3 is 9.47 Å². The lowest BCUT2D eigenvalue weighted by Crippen LogP contribution is -2.10. The summed E-state index contributed by atoms with van der Waals surface area (Å²) in [4.78, 5) is 2.42. The molecule has 0 spiro atoms. The van der Waals surface area contributed by atoms with Crippen LogP contribution in [0.2, 0.25) is 0 Å². The molecule has 2 heteroatoms. The lowest BCUT2D eigenvalue weighted by atomic mass is 9.92. The molecular weight excluding hydrogens is 653 g/mol. The molecule has 0 aliphatic carbocycles. The third-order valence-electron chi connectivity index (χ3n) is 11.1. The summed E-state index contributed by atoms with van der Waals surface area (Å²) in [5.41, 5.74) is 11.9. The number of hydrogen-bond acceptors (Lipinski definition) is 1. The predicted octanol–water partition coefficient (Wildman–Crippen LogP) is 14.5. The molecule has 54 heavy (non-hydrogen) atoms. The van der Waals surface area contributed by atoms with Gasteiger partial charge in [0.25, 0.3) is 0 Å². The summed E-state index contributed by atoms with van der Waals surface area (Å²) in [6.07, 6.45) is 0. The highest BCUT2D eigenvalue weighted by Crippen LogP contribution is 2.46. The topological polar surface area (TPSA) is 8.17 Å². The van der Waals surface area contributed by atoms with E-state index in [1.54, 1.807) is 0 Å². The lowest BCUT2D eigenvalue weighted by Gasteiger charge is -2.28. The number of anilines is 3. The summed E-state index contributed by atoms with van der Waals surface area (Å²) in [5.74, 6) is 0. The summed E-state index contributed by atoms with van der Waals surface area (Å²) < 4.78 is 2.45. The molecule has 10 aromatic carbocycles. The van der Waals surface area contributed by atoms with Gasteiger partial charge in [-0.05, 0) is 92.3 Å². The molecule has 0 aliphatic rings. The molecule has 0 radical (unpaired) electrons. The average Bonchev–Trinajstić information content (AvgIpc) is 3.58. The first-order chi connectivity index (χ1) is 26.8. The van der Waals surface area contributed by atoms with E-state index in [1.807, 2.05) is 0 Å². The Bertz CT molecular complexity index is 3090. The highest BCUT2D eigenvalue weighted by Gasteiger charge is 2.21. The van der Waals surface area contributed by atoms with Crippen LogP contribution in [0.15, 0.2) is 206 Å². The van der Waals surface area contributed by atoms with E-state index < -0.39 is 0 Å². The molecule has 11 rings (SSSR count). The Balaban J connectivity index is 1.11. The smallest absolute Gasteiger partial charge is 0.0541 e. The maximum absolute atomic E-state index is 2.45. The molecule has 2 nitrogen and oxygen atoms in total. The van der Waals surface area contributed by atoms with Crippen LogP contribution in [0.5, 0.6) is 0 Å². The van der Waals surface area contributed by atoms with Gasteiger partial charge in [0.15, 0.2) is 0 Å². The summed E-state index contributed by atoms with van der Waals surface area (Å²) >= 11 is 0. The van der Waals surface area contributed by atoms with Crippen LogP contribution in [-0.4, -0.2) is 4.57 Å². The normalized spacial score (nSPS) is 11.7. The lowest BCUT2D eigenvalue weighted by molar-refractivity contribution is 1.20. The monoisotopic (exact) mass is 686 g/mol. The van der Waals surface area contributed by atoms with Crippen molar-refractivity contribution in [1.29, 1.82) is 0 Å². The molecule has 0 atom stereocenters. The van der Waals surface area contributed by atoms with Gasteiger partial charge in [-0.3, -0.25) is 0 Å². The number of nitrogens with zero attached hydrogens (tertiary/aromatic N) is 2. The number of para-hydroxylation sites is 3. The van der Waals surface area contributed by atoms with Crippen molar-refractivity contribution >= 4 is 71.2 Å². The Morgan fingerprint density at radius 2 is 0.815 bits per heavy atom. The minimum Gasteiger partial charge on any atom is -0.310 e. The molecule has 0 amide bonds. The van der Waals surface area contributed by atoms with E-state index in [0.29, 0.717) is 0 Å². The van der Waals surface area contributed by atoms with Gasteiger partial charge in [-0.15, -0.1) is 0 Å². The fourth-order valence-electron chi connectivity index (χ4n) is 8.66. The van der Waals surface area contributed by atoms with E-state index in [0.717, 1.165) is 17.1 Å². The highest BCUT2D eigenvalue weighted by atomic mass is 15.1. The van der Waals surface area contributed by atoms with Crippen LogP contribution in [0.3, 0.4) is 0 Å². The van der Waals surface area contributed by atoms with Gasteiger partial charge in [-0.2, -0.15) is 0 Å². The third kappa shape index (κ3) is 4.74. The van der Waals surface area contributed by atoms with Gasteiger partial charge in [0.2, 0.25) is 0 Å². The van der Waals surface area contributed by atoms with Crippen LogP contribution in [0, 0.1) is 0 Å². The zero-order chi connectivity index (χ0) is 35.6. The van der Waals surface area contributed by atoms with Crippen LogP contribution in [-0.2, 0) is 0 Å². The Kier molecular flexibility index (Phi) is 6.90. The molecule has 11 aromatic rings. The Morgan fingerprint density at radius 3 is 1.52 bits per heavy atom. The Hall–Kier alpha value is -7.16. The van der Waals surface area contributed by atoms with Gasteiger partial charge in [0.05, 0.1) is 22.4 Å². The minimum absolute atomic E-state index is 1.12. The van der Waals surface area contributed by atoms with Crippen molar-refractivity contribution < 1.29 is 0 Å². The SMILES string of the molecule is c1ccc(-c2ccc(-c3cccc(N(c4ccccc4)c4ccc5ccc6c(-n7c8ccccc8c8ccccc87)ccc7ccc4c5c76)c3)cc2)cc1. The van der Waals surface area contributed by atoms with Gasteiger partial charge >= 0.3 is 0 Å². The summed E-state index contributed by atoms with van der Waals surface area (Å²) in [7, 11) is 0. The standard InChI is InChI=1S/C52H34N2/c1-3-12-35(13-4-1)36-22-24-37(25-23-36)40-14-11-17-42(34-40)53(41-15-5-2-6-16-41)49-32-28-38-27-31-46-50(33-29-39-26-30-45(49)51(38)52(39)46)54-47-20-9-7-18-43(47)44-19-8-10-21-48(44)54/h1-34H. The fourth-order valence-corrected chi connectivity index (χ4v) is 8.66. The maximum atomic E-state index is 2.45. The van der Waals surface area contributed by atoms with Crippen molar-refractivity contribution in [2.45, 2.75) is 0 Å². The molecule has 0 bridgehead atoms. The van der Waals surface area contributed by atoms with Crippen molar-refractivity contribution in [2.75, 3.05) is 4.90 Å². The number of benzene rings is 10. The zero-order valence-corrected chi connectivity index (χ0v) is 29.5. The molecule has 0 unspecified atom stereocenters. The molecule has 0 N–H and O–H groups in total.